The molecule has 0 radical (unpaired) electrons. The van der Waals surface area contributed by atoms with Crippen molar-refractivity contribution in [2.75, 3.05) is 9.80 Å². The number of hydrogen-bond donors (Lipinski definition) is 0. The number of hydrogen-bond acceptors (Lipinski definition) is 4. The summed E-state index contributed by atoms with van der Waals surface area (Å²) in [5.41, 5.74) is 3.47. The number of para-hydroxylation sites is 4. The second kappa shape index (κ2) is 13.3. The highest BCUT2D eigenvalue weighted by molar-refractivity contribution is 5.99. The molecule has 0 aliphatic carbocycles. The minimum Gasteiger partial charge on any atom is -0.406 e. The molecule has 0 spiro atoms. The summed E-state index contributed by atoms with van der Waals surface area (Å²) in [6.07, 6.45) is -1.27. The molecule has 0 saturated heterocycles. The molecule has 5 aromatic rings. The molecule has 5 aromatic carbocycles. The minimum atomic E-state index is -0.636. The molecule has 6 nitrogen and oxygen atoms in total. The van der Waals surface area contributed by atoms with Gasteiger partial charge in [-0.15, -0.1) is 0 Å². The number of ether oxygens (including phenoxy) is 2. The molecule has 0 fully saturated rings. The average molecular weight is 613 g/mol. The monoisotopic (exact) mass is 612 g/mol. The van der Waals surface area contributed by atoms with Gasteiger partial charge in [0.15, 0.2) is 11.5 Å². The van der Waals surface area contributed by atoms with Crippen LogP contribution in [0, 0.1) is 0 Å². The second-order valence-corrected chi connectivity index (χ2v) is 13.1. The molecule has 0 atom stereocenters. The third-order valence-electron chi connectivity index (χ3n) is 7.54. The average Bonchev–Trinajstić information content (AvgIpc) is 3.03. The van der Waals surface area contributed by atoms with Crippen LogP contribution in [0.5, 0.6) is 11.5 Å². The highest BCUT2D eigenvalue weighted by atomic mass is 16.6. The van der Waals surface area contributed by atoms with Gasteiger partial charge in [-0.3, -0.25) is 0 Å². The first kappa shape index (κ1) is 32.0. The summed E-state index contributed by atoms with van der Waals surface area (Å²) in [4.78, 5) is 31.5. The van der Waals surface area contributed by atoms with Crippen molar-refractivity contribution >= 4 is 34.9 Å². The third kappa shape index (κ3) is 7.29. The van der Waals surface area contributed by atoms with E-state index in [2.05, 4.69) is 20.8 Å². The molecule has 0 unspecified atom stereocenters. The molecule has 0 aliphatic heterocycles. The summed E-state index contributed by atoms with van der Waals surface area (Å²) in [5.74, 6) is 0.352. The lowest BCUT2D eigenvalue weighted by Crippen LogP contribution is -2.32. The summed E-state index contributed by atoms with van der Waals surface area (Å²) in [7, 11) is 0. The SMILES string of the molecule is CC(C)(C)c1cc(OC(=O)N(c2ccccc2)c2ccccc2)c(OC(=O)N(c2ccccc2)c2ccccc2)c(C(C)(C)C)c1. The predicted octanol–water partition coefficient (Wildman–Crippen LogP) is 11.0. The summed E-state index contributed by atoms with van der Waals surface area (Å²) >= 11 is 0. The van der Waals surface area contributed by atoms with Gasteiger partial charge in [-0.2, -0.15) is 0 Å². The van der Waals surface area contributed by atoms with Crippen molar-refractivity contribution < 1.29 is 19.1 Å². The Morgan fingerprint density at radius 3 is 1.15 bits per heavy atom. The van der Waals surface area contributed by atoms with Crippen molar-refractivity contribution in [3.63, 3.8) is 0 Å². The maximum atomic E-state index is 14.2. The molecular formula is C40H40N2O4. The molecule has 234 valence electrons. The standard InChI is InChI=1S/C40H40N2O4/c1-39(2,3)29-27-34(40(4,5)6)36(46-38(44)42(32-23-15-9-16-24-32)33-25-17-10-18-26-33)35(28-29)45-37(43)41(30-19-11-7-12-20-30)31-21-13-8-14-22-31/h7-28H,1-6H3. The van der Waals surface area contributed by atoms with Crippen molar-refractivity contribution in [1.82, 2.24) is 0 Å². The van der Waals surface area contributed by atoms with Gasteiger partial charge in [-0.1, -0.05) is 120 Å². The smallest absolute Gasteiger partial charge is 0.406 e. The third-order valence-corrected chi connectivity index (χ3v) is 7.54. The van der Waals surface area contributed by atoms with Crippen LogP contribution in [0.15, 0.2) is 133 Å². The Labute approximate surface area is 271 Å². The first-order valence-electron chi connectivity index (χ1n) is 15.4. The van der Waals surface area contributed by atoms with E-state index in [1.54, 1.807) is 6.07 Å². The molecule has 0 bridgehead atoms. The number of amides is 2. The molecule has 0 heterocycles. The lowest BCUT2D eigenvalue weighted by Gasteiger charge is -2.30. The molecule has 5 rings (SSSR count). The molecular weight excluding hydrogens is 572 g/mol. The number of carbonyl (C=O) groups is 2. The first-order chi connectivity index (χ1) is 21.9. The van der Waals surface area contributed by atoms with Crippen molar-refractivity contribution in [1.29, 1.82) is 0 Å². The van der Waals surface area contributed by atoms with Crippen LogP contribution in [-0.2, 0) is 10.8 Å². The van der Waals surface area contributed by atoms with Crippen molar-refractivity contribution in [2.45, 2.75) is 52.4 Å². The zero-order chi connectivity index (χ0) is 32.9. The zero-order valence-corrected chi connectivity index (χ0v) is 27.2. The van der Waals surface area contributed by atoms with Crippen molar-refractivity contribution in [3.05, 3.63) is 145 Å². The Balaban J connectivity index is 1.65. The van der Waals surface area contributed by atoms with E-state index in [-0.39, 0.29) is 16.9 Å². The predicted molar refractivity (Wildman–Crippen MR) is 186 cm³/mol. The zero-order valence-electron chi connectivity index (χ0n) is 27.2. The molecule has 46 heavy (non-hydrogen) atoms. The van der Waals surface area contributed by atoms with E-state index in [0.29, 0.717) is 22.7 Å². The van der Waals surface area contributed by atoms with E-state index in [1.807, 2.05) is 148 Å². The normalized spacial score (nSPS) is 11.4. The number of carbonyl (C=O) groups excluding carboxylic acids is 2. The van der Waals surface area contributed by atoms with Crippen LogP contribution in [0.1, 0.15) is 52.7 Å². The van der Waals surface area contributed by atoms with Crippen LogP contribution in [0.2, 0.25) is 0 Å². The van der Waals surface area contributed by atoms with Gasteiger partial charge in [0.25, 0.3) is 0 Å². The Morgan fingerprint density at radius 2 is 0.826 bits per heavy atom. The number of anilines is 4. The van der Waals surface area contributed by atoms with Crippen LogP contribution in [-0.4, -0.2) is 12.2 Å². The van der Waals surface area contributed by atoms with Gasteiger partial charge in [0.2, 0.25) is 0 Å². The molecule has 6 heteroatoms. The molecule has 2 amide bonds. The van der Waals surface area contributed by atoms with Crippen LogP contribution in [0.3, 0.4) is 0 Å². The Morgan fingerprint density at radius 1 is 0.478 bits per heavy atom. The maximum Gasteiger partial charge on any atom is 0.424 e. The minimum absolute atomic E-state index is 0.161. The van der Waals surface area contributed by atoms with E-state index >= 15 is 0 Å². The Hall–Kier alpha value is -5.36. The van der Waals surface area contributed by atoms with Crippen LogP contribution < -0.4 is 19.3 Å². The highest BCUT2D eigenvalue weighted by Crippen LogP contribution is 2.44. The first-order valence-corrected chi connectivity index (χ1v) is 15.4. The molecule has 0 saturated carbocycles. The van der Waals surface area contributed by atoms with Gasteiger partial charge in [-0.25, -0.2) is 19.4 Å². The van der Waals surface area contributed by atoms with E-state index in [1.165, 1.54) is 9.80 Å². The Bertz CT molecular complexity index is 1700. The van der Waals surface area contributed by atoms with Gasteiger partial charge in [-0.05, 0) is 71.0 Å². The lowest BCUT2D eigenvalue weighted by molar-refractivity contribution is 0.199. The lowest BCUT2D eigenvalue weighted by atomic mass is 9.80. The number of benzene rings is 5. The molecule has 0 N–H and O–H groups in total. The van der Waals surface area contributed by atoms with Crippen molar-refractivity contribution in [3.8, 4) is 11.5 Å². The summed E-state index contributed by atoms with van der Waals surface area (Å²) < 4.78 is 12.6. The summed E-state index contributed by atoms with van der Waals surface area (Å²) in [6.45, 7) is 12.4. The summed E-state index contributed by atoms with van der Waals surface area (Å²) in [5, 5.41) is 0. The highest BCUT2D eigenvalue weighted by Gasteiger charge is 2.32. The fraction of sp³-hybridized carbons (Fsp3) is 0.200. The molecule has 0 aromatic heterocycles. The summed E-state index contributed by atoms with van der Waals surface area (Å²) in [6, 6.07) is 41.1. The number of rotatable bonds is 6. The quantitative estimate of drug-likeness (QED) is 0.191. The van der Waals surface area contributed by atoms with Gasteiger partial charge >= 0.3 is 12.2 Å². The topological polar surface area (TPSA) is 59.1 Å². The fourth-order valence-electron chi connectivity index (χ4n) is 5.07. The maximum absolute atomic E-state index is 14.2. The fourth-order valence-corrected chi connectivity index (χ4v) is 5.07. The van der Waals surface area contributed by atoms with E-state index < -0.39 is 17.6 Å². The van der Waals surface area contributed by atoms with Crippen molar-refractivity contribution in [2.24, 2.45) is 0 Å². The second-order valence-electron chi connectivity index (χ2n) is 13.1. The van der Waals surface area contributed by atoms with Gasteiger partial charge < -0.3 is 9.47 Å². The van der Waals surface area contributed by atoms with Crippen LogP contribution in [0.4, 0.5) is 32.3 Å². The molecule has 0 aliphatic rings. The van der Waals surface area contributed by atoms with E-state index in [4.69, 9.17) is 9.47 Å². The van der Waals surface area contributed by atoms with Gasteiger partial charge in [0.1, 0.15) is 0 Å². The van der Waals surface area contributed by atoms with E-state index in [9.17, 15) is 9.59 Å². The van der Waals surface area contributed by atoms with Crippen LogP contribution in [0.25, 0.3) is 0 Å². The van der Waals surface area contributed by atoms with Gasteiger partial charge in [0, 0.05) is 5.56 Å². The van der Waals surface area contributed by atoms with Crippen LogP contribution >= 0.6 is 0 Å². The Kier molecular flexibility index (Phi) is 9.28. The number of nitrogens with zero attached hydrogens (tertiary/aromatic N) is 2. The van der Waals surface area contributed by atoms with E-state index in [0.717, 1.165) is 11.1 Å². The largest absolute Gasteiger partial charge is 0.424 e. The van der Waals surface area contributed by atoms with Gasteiger partial charge in [0.05, 0.1) is 22.7 Å².